The van der Waals surface area contributed by atoms with Gasteiger partial charge in [-0.15, -0.1) is 0 Å². The summed E-state index contributed by atoms with van der Waals surface area (Å²) in [7, 11) is 5.01. The van der Waals surface area contributed by atoms with Crippen LogP contribution >= 0.6 is 17.2 Å². The van der Waals surface area contributed by atoms with Crippen molar-refractivity contribution in [3.63, 3.8) is 0 Å². The molecule has 0 N–H and O–H groups in total. The van der Waals surface area contributed by atoms with Gasteiger partial charge in [0.2, 0.25) is 0 Å². The van der Waals surface area contributed by atoms with Gasteiger partial charge in [0.05, 0.1) is 14.2 Å². The summed E-state index contributed by atoms with van der Waals surface area (Å²) in [6.07, 6.45) is 2.34. The molecule has 0 saturated carbocycles. The lowest BCUT2D eigenvalue weighted by atomic mass is 10.0. The molecule has 0 fully saturated rings. The van der Waals surface area contributed by atoms with Gasteiger partial charge in [0.25, 0.3) is 0 Å². The monoisotopic (exact) mass is 458 g/mol. The van der Waals surface area contributed by atoms with Gasteiger partial charge in [-0.25, -0.2) is 0 Å². The summed E-state index contributed by atoms with van der Waals surface area (Å²) in [6, 6.07) is 34.0. The van der Waals surface area contributed by atoms with Crippen LogP contribution in [0.15, 0.2) is 97.1 Å². The van der Waals surface area contributed by atoms with Gasteiger partial charge in [0.15, 0.2) is 0 Å². The van der Waals surface area contributed by atoms with Gasteiger partial charge in [-0.1, -0.05) is 102 Å². The first-order chi connectivity index (χ1) is 15.8. The van der Waals surface area contributed by atoms with E-state index in [9.17, 15) is 0 Å². The second kappa shape index (κ2) is 11.3. The third-order valence-electron chi connectivity index (χ3n) is 5.40. The van der Waals surface area contributed by atoms with Crippen LogP contribution in [0.4, 0.5) is 0 Å². The van der Waals surface area contributed by atoms with Crippen molar-refractivity contribution >= 4 is 27.8 Å². The Morgan fingerprint density at radius 3 is 1.22 bits per heavy atom. The maximum absolute atomic E-state index is 5.61. The van der Waals surface area contributed by atoms with Crippen molar-refractivity contribution in [1.29, 1.82) is 0 Å². The highest BCUT2D eigenvalue weighted by Crippen LogP contribution is 2.33. The molecule has 0 amide bonds. The number of para-hydroxylation sites is 2. The molecule has 0 spiro atoms. The summed E-state index contributed by atoms with van der Waals surface area (Å²) >= 11 is 0. The highest BCUT2D eigenvalue weighted by atomic mass is 31.1. The van der Waals surface area contributed by atoms with Crippen LogP contribution in [-0.4, -0.2) is 26.5 Å². The highest BCUT2D eigenvalue weighted by Gasteiger charge is 2.11. The molecule has 2 unspecified atom stereocenters. The fraction of sp³-hybridized carbons (Fsp3) is 0.143. The molecule has 32 heavy (non-hydrogen) atoms. The van der Waals surface area contributed by atoms with E-state index < -0.39 is 0 Å². The molecule has 0 aliphatic heterocycles. The number of hydrogen-bond donors (Lipinski definition) is 0. The smallest absolute Gasteiger partial charge is 0.126 e. The average Bonchev–Trinajstić information content (AvgIpc) is 2.87. The molecular formula is C28H28O2P2. The van der Waals surface area contributed by atoms with Gasteiger partial charge in [0.1, 0.15) is 11.5 Å². The van der Waals surface area contributed by atoms with E-state index in [0.29, 0.717) is 0 Å². The lowest BCUT2D eigenvalue weighted by Gasteiger charge is -2.14. The normalized spacial score (nSPS) is 11.4. The molecule has 0 aromatic heterocycles. The van der Waals surface area contributed by atoms with Crippen molar-refractivity contribution in [2.24, 2.45) is 0 Å². The third kappa shape index (κ3) is 5.21. The lowest BCUT2D eigenvalue weighted by molar-refractivity contribution is 0.416. The minimum absolute atomic E-state index is 0.766. The molecule has 2 nitrogen and oxygen atoms in total. The zero-order valence-electron chi connectivity index (χ0n) is 18.5. The van der Waals surface area contributed by atoms with Crippen LogP contribution in [0.5, 0.6) is 11.5 Å². The summed E-state index contributed by atoms with van der Waals surface area (Å²) in [4.78, 5) is 0. The van der Waals surface area contributed by atoms with E-state index >= 15 is 0 Å². The SMILES string of the molecule is COc1ccccc1-c1ccccc1PCCPc1ccccc1-c1ccccc1OC. The van der Waals surface area contributed by atoms with E-state index in [2.05, 4.69) is 72.8 Å². The fourth-order valence-electron chi connectivity index (χ4n) is 3.87. The summed E-state index contributed by atoms with van der Waals surface area (Å²) in [5.74, 6) is 1.86. The minimum Gasteiger partial charge on any atom is -0.496 e. The van der Waals surface area contributed by atoms with E-state index in [-0.39, 0.29) is 0 Å². The summed E-state index contributed by atoms with van der Waals surface area (Å²) in [5, 5.41) is 2.81. The van der Waals surface area contributed by atoms with Crippen molar-refractivity contribution in [1.82, 2.24) is 0 Å². The van der Waals surface area contributed by atoms with Crippen LogP contribution in [0.25, 0.3) is 22.3 Å². The Morgan fingerprint density at radius 1 is 0.469 bits per heavy atom. The maximum atomic E-state index is 5.61. The molecule has 0 aliphatic rings. The largest absolute Gasteiger partial charge is 0.496 e. The van der Waals surface area contributed by atoms with Crippen molar-refractivity contribution < 1.29 is 9.47 Å². The van der Waals surface area contributed by atoms with E-state index in [0.717, 1.165) is 28.7 Å². The van der Waals surface area contributed by atoms with Crippen LogP contribution in [-0.2, 0) is 0 Å². The van der Waals surface area contributed by atoms with Crippen LogP contribution in [0, 0.1) is 0 Å². The average molecular weight is 458 g/mol. The van der Waals surface area contributed by atoms with Gasteiger partial charge < -0.3 is 9.47 Å². The van der Waals surface area contributed by atoms with Crippen LogP contribution in [0.1, 0.15) is 0 Å². The molecule has 0 heterocycles. The van der Waals surface area contributed by atoms with Gasteiger partial charge in [-0.05, 0) is 46.2 Å². The van der Waals surface area contributed by atoms with Crippen molar-refractivity contribution in [2.45, 2.75) is 0 Å². The molecule has 2 atom stereocenters. The predicted octanol–water partition coefficient (Wildman–Crippen LogP) is 6.35. The van der Waals surface area contributed by atoms with Crippen LogP contribution < -0.4 is 20.1 Å². The maximum Gasteiger partial charge on any atom is 0.126 e. The molecule has 4 aromatic rings. The van der Waals surface area contributed by atoms with Crippen LogP contribution in [0.2, 0.25) is 0 Å². The molecule has 0 saturated heterocycles. The Bertz CT molecular complexity index is 1080. The first kappa shape index (κ1) is 22.5. The van der Waals surface area contributed by atoms with Crippen molar-refractivity contribution in [2.75, 3.05) is 26.5 Å². The van der Waals surface area contributed by atoms with Crippen molar-refractivity contribution in [3.8, 4) is 33.8 Å². The Kier molecular flexibility index (Phi) is 7.94. The van der Waals surface area contributed by atoms with E-state index in [1.165, 1.54) is 45.2 Å². The zero-order valence-corrected chi connectivity index (χ0v) is 20.5. The molecular weight excluding hydrogens is 430 g/mol. The van der Waals surface area contributed by atoms with Gasteiger partial charge in [-0.3, -0.25) is 0 Å². The Balaban J connectivity index is 1.47. The summed E-state index contributed by atoms with van der Waals surface area (Å²) in [6.45, 7) is 0. The Labute approximate surface area is 194 Å². The topological polar surface area (TPSA) is 18.5 Å². The standard InChI is InChI=1S/C28H28O2P2/c1-29-25-15-7-3-11-21(25)23-13-5-9-17-27(23)31-19-20-32-28-18-10-6-14-24(28)22-12-4-8-16-26(22)30-2/h3-18,31-32H,19-20H2,1-2H3. The Morgan fingerprint density at radius 2 is 0.812 bits per heavy atom. The first-order valence-electron chi connectivity index (χ1n) is 10.7. The second-order valence-corrected chi connectivity index (χ2v) is 10.1. The zero-order chi connectivity index (χ0) is 22.2. The van der Waals surface area contributed by atoms with Crippen LogP contribution in [0.3, 0.4) is 0 Å². The lowest BCUT2D eigenvalue weighted by Crippen LogP contribution is -2.05. The minimum atomic E-state index is 0.766. The van der Waals surface area contributed by atoms with E-state index in [1.54, 1.807) is 14.2 Å². The van der Waals surface area contributed by atoms with Gasteiger partial charge in [-0.2, -0.15) is 0 Å². The van der Waals surface area contributed by atoms with Gasteiger partial charge >= 0.3 is 0 Å². The molecule has 0 radical (unpaired) electrons. The molecule has 162 valence electrons. The van der Waals surface area contributed by atoms with Crippen molar-refractivity contribution in [3.05, 3.63) is 97.1 Å². The molecule has 4 rings (SSSR count). The van der Waals surface area contributed by atoms with E-state index in [1.807, 2.05) is 24.3 Å². The predicted molar refractivity (Wildman–Crippen MR) is 142 cm³/mol. The molecule has 4 heteroatoms. The summed E-state index contributed by atoms with van der Waals surface area (Å²) in [5.41, 5.74) is 4.89. The number of ether oxygens (including phenoxy) is 2. The summed E-state index contributed by atoms with van der Waals surface area (Å²) < 4.78 is 11.2. The molecule has 0 bridgehead atoms. The van der Waals surface area contributed by atoms with E-state index in [4.69, 9.17) is 9.47 Å². The molecule has 4 aromatic carbocycles. The molecule has 0 aliphatic carbocycles. The number of rotatable bonds is 9. The fourth-order valence-corrected chi connectivity index (χ4v) is 6.66. The quantitative estimate of drug-likeness (QED) is 0.215. The number of benzene rings is 4. The Hall–Kier alpha value is -2.66. The first-order valence-corrected chi connectivity index (χ1v) is 13.2. The highest BCUT2D eigenvalue weighted by molar-refractivity contribution is 7.51. The number of hydrogen-bond acceptors (Lipinski definition) is 2. The van der Waals surface area contributed by atoms with Gasteiger partial charge in [0, 0.05) is 11.1 Å². The number of methoxy groups -OCH3 is 2. The second-order valence-electron chi connectivity index (χ2n) is 7.35. The third-order valence-corrected chi connectivity index (χ3v) is 8.54.